The van der Waals surface area contributed by atoms with Crippen LogP contribution in [-0.4, -0.2) is 36.4 Å². The fourth-order valence-electron chi connectivity index (χ4n) is 3.73. The number of fused-ring (bicyclic) bond motifs is 1. The molecule has 3 heterocycles. The van der Waals surface area contributed by atoms with Crippen LogP contribution in [-0.2, 0) is 22.6 Å². The van der Waals surface area contributed by atoms with Crippen molar-refractivity contribution in [2.24, 2.45) is 5.92 Å². The standard InChI is InChI=1S/C21H24N4O2/c1-2-20(26)25-9-7-16-10-18(5-6-19(16)25)24-13-17(14-24)21(27)23-12-15-4-3-8-22-11-15/h3-6,8,10-11,17H,2,7,9,12-14H2,1H3,(H,23,27). The summed E-state index contributed by atoms with van der Waals surface area (Å²) in [4.78, 5) is 32.5. The molecule has 0 unspecified atom stereocenters. The number of nitrogens with zero attached hydrogens (tertiary/aromatic N) is 3. The zero-order valence-electron chi connectivity index (χ0n) is 15.5. The van der Waals surface area contributed by atoms with Gasteiger partial charge in [0.25, 0.3) is 0 Å². The topological polar surface area (TPSA) is 65.5 Å². The Balaban J connectivity index is 1.32. The smallest absolute Gasteiger partial charge is 0.226 e. The number of amides is 2. The molecule has 1 aromatic carbocycles. The Labute approximate surface area is 159 Å². The van der Waals surface area contributed by atoms with E-state index in [1.807, 2.05) is 30.0 Å². The highest BCUT2D eigenvalue weighted by Crippen LogP contribution is 2.34. The van der Waals surface area contributed by atoms with E-state index in [4.69, 9.17) is 0 Å². The van der Waals surface area contributed by atoms with Crippen molar-refractivity contribution in [2.75, 3.05) is 29.4 Å². The maximum absolute atomic E-state index is 12.3. The van der Waals surface area contributed by atoms with Gasteiger partial charge in [-0.15, -0.1) is 0 Å². The minimum Gasteiger partial charge on any atom is -0.370 e. The SMILES string of the molecule is CCC(=O)N1CCc2cc(N3CC(C(=O)NCc4cccnc4)C3)ccc21. The summed E-state index contributed by atoms with van der Waals surface area (Å²) >= 11 is 0. The van der Waals surface area contributed by atoms with Crippen molar-refractivity contribution >= 4 is 23.2 Å². The molecule has 1 N–H and O–H groups in total. The number of nitrogens with one attached hydrogen (secondary N) is 1. The fraction of sp³-hybridized carbons (Fsp3) is 0.381. The van der Waals surface area contributed by atoms with Crippen molar-refractivity contribution in [3.63, 3.8) is 0 Å². The molecule has 2 amide bonds. The van der Waals surface area contributed by atoms with E-state index in [0.717, 1.165) is 43.0 Å². The first-order valence-corrected chi connectivity index (χ1v) is 9.50. The Kier molecular flexibility index (Phi) is 4.79. The molecule has 0 aliphatic carbocycles. The average Bonchev–Trinajstić information content (AvgIpc) is 3.09. The van der Waals surface area contributed by atoms with Gasteiger partial charge in [-0.2, -0.15) is 0 Å². The number of pyridine rings is 1. The molecule has 1 fully saturated rings. The van der Waals surface area contributed by atoms with Crippen molar-refractivity contribution in [3.05, 3.63) is 53.9 Å². The summed E-state index contributed by atoms with van der Waals surface area (Å²) in [5.74, 6) is 0.292. The van der Waals surface area contributed by atoms with Gasteiger partial charge in [-0.25, -0.2) is 0 Å². The molecule has 27 heavy (non-hydrogen) atoms. The van der Waals surface area contributed by atoms with Gasteiger partial charge in [0, 0.05) is 56.4 Å². The second-order valence-electron chi connectivity index (χ2n) is 7.14. The number of hydrogen-bond acceptors (Lipinski definition) is 4. The summed E-state index contributed by atoms with van der Waals surface area (Å²) in [6.45, 7) is 4.65. The molecule has 0 bridgehead atoms. The van der Waals surface area contributed by atoms with E-state index in [1.165, 1.54) is 5.56 Å². The summed E-state index contributed by atoms with van der Waals surface area (Å²) in [7, 11) is 0. The Morgan fingerprint density at radius 1 is 1.26 bits per heavy atom. The summed E-state index contributed by atoms with van der Waals surface area (Å²) in [6, 6.07) is 10.1. The third-order valence-corrected chi connectivity index (χ3v) is 5.37. The zero-order valence-corrected chi connectivity index (χ0v) is 15.5. The molecule has 1 aromatic heterocycles. The first-order chi connectivity index (χ1) is 13.2. The monoisotopic (exact) mass is 364 g/mol. The van der Waals surface area contributed by atoms with Gasteiger partial charge in [-0.1, -0.05) is 13.0 Å². The van der Waals surface area contributed by atoms with Crippen molar-refractivity contribution in [3.8, 4) is 0 Å². The van der Waals surface area contributed by atoms with E-state index in [9.17, 15) is 9.59 Å². The maximum Gasteiger partial charge on any atom is 0.226 e. The van der Waals surface area contributed by atoms with E-state index >= 15 is 0 Å². The molecule has 6 heteroatoms. The number of rotatable bonds is 5. The quantitative estimate of drug-likeness (QED) is 0.883. The highest BCUT2D eigenvalue weighted by molar-refractivity contribution is 5.95. The first-order valence-electron chi connectivity index (χ1n) is 9.50. The van der Waals surface area contributed by atoms with E-state index in [-0.39, 0.29) is 17.7 Å². The lowest BCUT2D eigenvalue weighted by atomic mass is 9.97. The van der Waals surface area contributed by atoms with Crippen LogP contribution in [0.5, 0.6) is 0 Å². The average molecular weight is 364 g/mol. The number of hydrogen-bond donors (Lipinski definition) is 1. The molecule has 0 atom stereocenters. The van der Waals surface area contributed by atoms with Gasteiger partial charge < -0.3 is 15.1 Å². The van der Waals surface area contributed by atoms with Crippen LogP contribution in [0.15, 0.2) is 42.7 Å². The van der Waals surface area contributed by atoms with Gasteiger partial charge in [-0.05, 0) is 41.8 Å². The molecule has 1 saturated heterocycles. The van der Waals surface area contributed by atoms with Crippen LogP contribution in [0.4, 0.5) is 11.4 Å². The zero-order chi connectivity index (χ0) is 18.8. The predicted octanol–water partition coefficient (Wildman–Crippen LogP) is 2.13. The van der Waals surface area contributed by atoms with Crippen molar-refractivity contribution < 1.29 is 9.59 Å². The molecular formula is C21H24N4O2. The molecule has 2 aliphatic rings. The third kappa shape index (κ3) is 3.52. The van der Waals surface area contributed by atoms with Gasteiger partial charge in [0.05, 0.1) is 5.92 Å². The predicted molar refractivity (Wildman–Crippen MR) is 105 cm³/mol. The van der Waals surface area contributed by atoms with Gasteiger partial charge >= 0.3 is 0 Å². The van der Waals surface area contributed by atoms with Crippen molar-refractivity contribution in [1.29, 1.82) is 0 Å². The summed E-state index contributed by atoms with van der Waals surface area (Å²) in [6.07, 6.45) is 4.93. The van der Waals surface area contributed by atoms with Crippen LogP contribution < -0.4 is 15.1 Å². The Morgan fingerprint density at radius 3 is 2.85 bits per heavy atom. The van der Waals surface area contributed by atoms with Crippen LogP contribution in [0, 0.1) is 5.92 Å². The van der Waals surface area contributed by atoms with E-state index in [1.54, 1.807) is 12.4 Å². The highest BCUT2D eigenvalue weighted by atomic mass is 16.2. The normalized spacial score (nSPS) is 16.0. The second-order valence-corrected chi connectivity index (χ2v) is 7.14. The number of aromatic nitrogens is 1. The first kappa shape index (κ1) is 17.5. The number of carbonyl (C=O) groups is 2. The van der Waals surface area contributed by atoms with Crippen molar-refractivity contribution in [2.45, 2.75) is 26.3 Å². The van der Waals surface area contributed by atoms with Crippen LogP contribution in [0.1, 0.15) is 24.5 Å². The second kappa shape index (κ2) is 7.39. The molecule has 0 spiro atoms. The lowest BCUT2D eigenvalue weighted by Gasteiger charge is -2.40. The summed E-state index contributed by atoms with van der Waals surface area (Å²) < 4.78 is 0. The Hall–Kier alpha value is -2.89. The Bertz CT molecular complexity index is 847. The molecule has 2 aromatic rings. The van der Waals surface area contributed by atoms with E-state index in [0.29, 0.717) is 13.0 Å². The largest absolute Gasteiger partial charge is 0.370 e. The minimum absolute atomic E-state index is 0.0214. The minimum atomic E-state index is 0.0214. The number of carbonyl (C=O) groups excluding carboxylic acids is 2. The summed E-state index contributed by atoms with van der Waals surface area (Å²) in [5, 5.41) is 2.99. The van der Waals surface area contributed by atoms with Gasteiger partial charge in [0.1, 0.15) is 0 Å². The number of benzene rings is 1. The van der Waals surface area contributed by atoms with Crippen molar-refractivity contribution in [1.82, 2.24) is 10.3 Å². The molecule has 0 radical (unpaired) electrons. The molecule has 0 saturated carbocycles. The maximum atomic E-state index is 12.3. The van der Waals surface area contributed by atoms with Crippen LogP contribution in [0.3, 0.4) is 0 Å². The van der Waals surface area contributed by atoms with Gasteiger partial charge in [0.15, 0.2) is 0 Å². The highest BCUT2D eigenvalue weighted by Gasteiger charge is 2.33. The van der Waals surface area contributed by atoms with Crippen LogP contribution in [0.25, 0.3) is 0 Å². The Morgan fingerprint density at radius 2 is 2.11 bits per heavy atom. The lowest BCUT2D eigenvalue weighted by Crippen LogP contribution is -2.53. The van der Waals surface area contributed by atoms with E-state index in [2.05, 4.69) is 27.3 Å². The summed E-state index contributed by atoms with van der Waals surface area (Å²) in [5.41, 5.74) is 4.40. The third-order valence-electron chi connectivity index (χ3n) is 5.37. The van der Waals surface area contributed by atoms with E-state index < -0.39 is 0 Å². The molecule has 6 nitrogen and oxygen atoms in total. The fourth-order valence-corrected chi connectivity index (χ4v) is 3.73. The molecule has 140 valence electrons. The van der Waals surface area contributed by atoms with Crippen LogP contribution in [0.2, 0.25) is 0 Å². The van der Waals surface area contributed by atoms with Gasteiger partial charge in [0.2, 0.25) is 11.8 Å². The molecule has 4 rings (SSSR count). The van der Waals surface area contributed by atoms with Crippen LogP contribution >= 0.6 is 0 Å². The lowest BCUT2D eigenvalue weighted by molar-refractivity contribution is -0.125. The number of anilines is 2. The molecule has 2 aliphatic heterocycles. The molecular weight excluding hydrogens is 340 g/mol. The van der Waals surface area contributed by atoms with Gasteiger partial charge in [-0.3, -0.25) is 14.6 Å².